The molecule has 0 radical (unpaired) electrons. The SMILES string of the molecule is CSc1nccc(-c2cccc(OC(C)C(N)=O)c2)n1. The highest BCUT2D eigenvalue weighted by atomic mass is 32.2. The number of rotatable bonds is 5. The van der Waals surface area contributed by atoms with Gasteiger partial charge in [-0.3, -0.25) is 4.79 Å². The third-order valence-electron chi connectivity index (χ3n) is 2.66. The van der Waals surface area contributed by atoms with Crippen molar-refractivity contribution in [3.63, 3.8) is 0 Å². The van der Waals surface area contributed by atoms with Gasteiger partial charge < -0.3 is 10.5 Å². The molecular weight excluding hydrogens is 274 g/mol. The molecule has 0 aliphatic heterocycles. The van der Waals surface area contributed by atoms with Gasteiger partial charge in [0.25, 0.3) is 5.91 Å². The second kappa shape index (κ2) is 6.38. The lowest BCUT2D eigenvalue weighted by atomic mass is 10.1. The molecule has 6 heteroatoms. The molecule has 104 valence electrons. The molecule has 1 aromatic carbocycles. The molecule has 0 aliphatic carbocycles. The fourth-order valence-electron chi connectivity index (χ4n) is 1.59. The van der Waals surface area contributed by atoms with Crippen LogP contribution in [0.5, 0.6) is 5.75 Å². The predicted molar refractivity (Wildman–Crippen MR) is 78.5 cm³/mol. The van der Waals surface area contributed by atoms with E-state index in [1.165, 1.54) is 11.8 Å². The first-order valence-corrected chi connectivity index (χ1v) is 7.26. The summed E-state index contributed by atoms with van der Waals surface area (Å²) in [4.78, 5) is 19.6. The highest BCUT2D eigenvalue weighted by Gasteiger charge is 2.11. The topological polar surface area (TPSA) is 78.1 Å². The van der Waals surface area contributed by atoms with Gasteiger partial charge in [-0.05, 0) is 31.4 Å². The maximum atomic E-state index is 11.0. The second-order valence-electron chi connectivity index (χ2n) is 4.12. The minimum atomic E-state index is -0.669. The lowest BCUT2D eigenvalue weighted by molar-refractivity contribution is -0.123. The molecule has 2 aromatic rings. The van der Waals surface area contributed by atoms with E-state index in [0.29, 0.717) is 10.9 Å². The molecule has 1 heterocycles. The molecule has 2 N–H and O–H groups in total. The molecule has 1 aromatic heterocycles. The Morgan fingerprint density at radius 2 is 2.20 bits per heavy atom. The molecule has 0 bridgehead atoms. The molecule has 0 spiro atoms. The number of hydrogen-bond acceptors (Lipinski definition) is 5. The van der Waals surface area contributed by atoms with E-state index in [0.717, 1.165) is 11.3 Å². The van der Waals surface area contributed by atoms with Crippen LogP contribution >= 0.6 is 11.8 Å². The number of carbonyl (C=O) groups excluding carboxylic acids is 1. The maximum Gasteiger partial charge on any atom is 0.258 e. The minimum Gasteiger partial charge on any atom is -0.481 e. The van der Waals surface area contributed by atoms with Crippen molar-refractivity contribution in [2.45, 2.75) is 18.2 Å². The number of nitrogens with zero attached hydrogens (tertiary/aromatic N) is 2. The first-order chi connectivity index (χ1) is 9.60. The number of hydrogen-bond donors (Lipinski definition) is 1. The molecule has 20 heavy (non-hydrogen) atoms. The van der Waals surface area contributed by atoms with Crippen LogP contribution in [0.15, 0.2) is 41.7 Å². The Balaban J connectivity index is 2.27. The smallest absolute Gasteiger partial charge is 0.258 e. The van der Waals surface area contributed by atoms with Gasteiger partial charge in [0, 0.05) is 11.8 Å². The van der Waals surface area contributed by atoms with Crippen LogP contribution < -0.4 is 10.5 Å². The first-order valence-electron chi connectivity index (χ1n) is 6.03. The summed E-state index contributed by atoms with van der Waals surface area (Å²) in [5.74, 6) is 0.0835. The van der Waals surface area contributed by atoms with E-state index < -0.39 is 12.0 Å². The zero-order valence-electron chi connectivity index (χ0n) is 11.2. The van der Waals surface area contributed by atoms with E-state index in [2.05, 4.69) is 9.97 Å². The Morgan fingerprint density at radius 1 is 1.40 bits per heavy atom. The summed E-state index contributed by atoms with van der Waals surface area (Å²) in [5.41, 5.74) is 6.89. The Bertz CT molecular complexity index is 619. The lowest BCUT2D eigenvalue weighted by Crippen LogP contribution is -2.30. The molecular formula is C14H15N3O2S. The monoisotopic (exact) mass is 289 g/mol. The van der Waals surface area contributed by atoms with Crippen molar-refractivity contribution in [3.05, 3.63) is 36.5 Å². The summed E-state index contributed by atoms with van der Waals surface area (Å²) in [7, 11) is 0. The average Bonchev–Trinajstić information content (AvgIpc) is 2.47. The van der Waals surface area contributed by atoms with Crippen molar-refractivity contribution >= 4 is 17.7 Å². The zero-order valence-corrected chi connectivity index (χ0v) is 12.1. The maximum absolute atomic E-state index is 11.0. The quantitative estimate of drug-likeness (QED) is 0.674. The summed E-state index contributed by atoms with van der Waals surface area (Å²) >= 11 is 1.48. The molecule has 0 saturated heterocycles. The molecule has 5 nitrogen and oxygen atoms in total. The van der Waals surface area contributed by atoms with Gasteiger partial charge in [0.15, 0.2) is 11.3 Å². The van der Waals surface area contributed by atoms with Crippen LogP contribution in [0.4, 0.5) is 0 Å². The number of benzene rings is 1. The Labute approximate surface area is 121 Å². The number of primary amides is 1. The third kappa shape index (κ3) is 3.48. The van der Waals surface area contributed by atoms with Crippen LogP contribution in [0, 0.1) is 0 Å². The summed E-state index contributed by atoms with van der Waals surface area (Å²) in [6.45, 7) is 1.62. The van der Waals surface area contributed by atoms with Crippen LogP contribution in [-0.4, -0.2) is 28.2 Å². The van der Waals surface area contributed by atoms with E-state index in [4.69, 9.17) is 10.5 Å². The van der Waals surface area contributed by atoms with E-state index in [1.807, 2.05) is 30.5 Å². The fourth-order valence-corrected chi connectivity index (χ4v) is 1.95. The van der Waals surface area contributed by atoms with Gasteiger partial charge in [0.05, 0.1) is 5.69 Å². The van der Waals surface area contributed by atoms with E-state index in [9.17, 15) is 4.79 Å². The van der Waals surface area contributed by atoms with Crippen LogP contribution in [0.25, 0.3) is 11.3 Å². The average molecular weight is 289 g/mol. The lowest BCUT2D eigenvalue weighted by Gasteiger charge is -2.12. The molecule has 1 unspecified atom stereocenters. The Kier molecular flexibility index (Phi) is 4.57. The van der Waals surface area contributed by atoms with Crippen molar-refractivity contribution in [1.29, 1.82) is 0 Å². The molecule has 0 aliphatic rings. The molecule has 0 saturated carbocycles. The molecule has 1 atom stereocenters. The first kappa shape index (κ1) is 14.3. The van der Waals surface area contributed by atoms with Crippen LogP contribution in [0.1, 0.15) is 6.92 Å². The number of thioether (sulfide) groups is 1. The van der Waals surface area contributed by atoms with Gasteiger partial charge in [-0.1, -0.05) is 23.9 Å². The normalized spacial score (nSPS) is 11.9. The third-order valence-corrected chi connectivity index (χ3v) is 3.22. The number of ether oxygens (including phenoxy) is 1. The summed E-state index contributed by atoms with van der Waals surface area (Å²) in [5, 5.41) is 0.708. The van der Waals surface area contributed by atoms with Gasteiger partial charge in [-0.2, -0.15) is 0 Å². The minimum absolute atomic E-state index is 0.498. The van der Waals surface area contributed by atoms with Crippen molar-refractivity contribution in [2.75, 3.05) is 6.26 Å². The number of aromatic nitrogens is 2. The Morgan fingerprint density at radius 3 is 2.90 bits per heavy atom. The summed E-state index contributed by atoms with van der Waals surface area (Å²) in [6.07, 6.45) is 2.97. The summed E-state index contributed by atoms with van der Waals surface area (Å²) < 4.78 is 5.47. The van der Waals surface area contributed by atoms with E-state index in [-0.39, 0.29) is 0 Å². The zero-order chi connectivity index (χ0) is 14.5. The van der Waals surface area contributed by atoms with Gasteiger partial charge in [-0.15, -0.1) is 0 Å². The van der Waals surface area contributed by atoms with Gasteiger partial charge in [0.1, 0.15) is 5.75 Å². The fraction of sp³-hybridized carbons (Fsp3) is 0.214. The van der Waals surface area contributed by atoms with Gasteiger partial charge in [0.2, 0.25) is 0 Å². The predicted octanol–water partition coefficient (Wildman–Crippen LogP) is 2.12. The standard InChI is InChI=1S/C14H15N3O2S/c1-9(13(15)18)19-11-5-3-4-10(8-11)12-6-7-16-14(17-12)20-2/h3-9H,1-2H3,(H2,15,18). The number of carbonyl (C=O) groups is 1. The highest BCUT2D eigenvalue weighted by Crippen LogP contribution is 2.24. The van der Waals surface area contributed by atoms with E-state index in [1.54, 1.807) is 19.2 Å². The number of nitrogens with two attached hydrogens (primary N) is 1. The molecule has 1 amide bonds. The van der Waals surface area contributed by atoms with Crippen molar-refractivity contribution in [3.8, 4) is 17.0 Å². The molecule has 2 rings (SSSR count). The van der Waals surface area contributed by atoms with Crippen LogP contribution in [0.2, 0.25) is 0 Å². The van der Waals surface area contributed by atoms with Crippen molar-refractivity contribution in [2.24, 2.45) is 5.73 Å². The van der Waals surface area contributed by atoms with Crippen LogP contribution in [-0.2, 0) is 4.79 Å². The highest BCUT2D eigenvalue weighted by molar-refractivity contribution is 7.98. The van der Waals surface area contributed by atoms with Crippen LogP contribution in [0.3, 0.4) is 0 Å². The van der Waals surface area contributed by atoms with Gasteiger partial charge >= 0.3 is 0 Å². The van der Waals surface area contributed by atoms with Crippen molar-refractivity contribution < 1.29 is 9.53 Å². The largest absolute Gasteiger partial charge is 0.481 e. The van der Waals surface area contributed by atoms with Gasteiger partial charge in [-0.25, -0.2) is 9.97 Å². The molecule has 0 fully saturated rings. The van der Waals surface area contributed by atoms with Crippen molar-refractivity contribution in [1.82, 2.24) is 9.97 Å². The van der Waals surface area contributed by atoms with E-state index >= 15 is 0 Å². The summed E-state index contributed by atoms with van der Waals surface area (Å²) in [6, 6.07) is 9.20. The second-order valence-corrected chi connectivity index (χ2v) is 4.89. The Hall–Kier alpha value is -2.08. The number of amides is 1.